The molecule has 1 rings (SSSR count). The van der Waals surface area contributed by atoms with Gasteiger partial charge in [0.05, 0.1) is 24.0 Å². The van der Waals surface area contributed by atoms with Crippen molar-refractivity contribution < 1.29 is 17.9 Å². The van der Waals surface area contributed by atoms with E-state index in [4.69, 9.17) is 16.4 Å². The Balaban J connectivity index is 2.79. The molecule has 1 unspecified atom stereocenters. The lowest BCUT2D eigenvalue weighted by molar-refractivity contribution is -0.139. The molecule has 0 spiro atoms. The van der Waals surface area contributed by atoms with Crippen LogP contribution in [0.25, 0.3) is 0 Å². The van der Waals surface area contributed by atoms with Crippen LogP contribution in [0.1, 0.15) is 30.6 Å². The molecule has 1 heterocycles. The van der Waals surface area contributed by atoms with E-state index in [1.165, 1.54) is 6.20 Å². The summed E-state index contributed by atoms with van der Waals surface area (Å²) in [6, 6.07) is 3.69. The number of nitrogens with zero attached hydrogens (tertiary/aromatic N) is 3. The van der Waals surface area contributed by atoms with Crippen LogP contribution in [0.5, 0.6) is 5.19 Å². The quantitative estimate of drug-likeness (QED) is 0.532. The first-order valence-corrected chi connectivity index (χ1v) is 7.52. The molecule has 0 saturated heterocycles. The van der Waals surface area contributed by atoms with E-state index in [1.807, 2.05) is 6.07 Å². The van der Waals surface area contributed by atoms with E-state index in [0.717, 1.165) is 11.3 Å². The lowest BCUT2D eigenvalue weighted by Gasteiger charge is -2.23. The van der Waals surface area contributed by atoms with Gasteiger partial charge in [0.1, 0.15) is 6.61 Å². The van der Waals surface area contributed by atoms with Crippen LogP contribution >= 0.6 is 11.3 Å². The van der Waals surface area contributed by atoms with Crippen LogP contribution in [0.15, 0.2) is 6.20 Å². The maximum Gasteiger partial charge on any atom is 0.389 e. The molecule has 122 valence electrons. The maximum atomic E-state index is 12.4. The molecule has 1 aromatic heterocycles. The van der Waals surface area contributed by atoms with E-state index >= 15 is 0 Å². The van der Waals surface area contributed by atoms with Gasteiger partial charge >= 0.3 is 6.18 Å². The molecule has 1 atom stereocenters. The highest BCUT2D eigenvalue weighted by Gasteiger charge is 2.37. The van der Waals surface area contributed by atoms with Crippen LogP contribution in [0.2, 0.25) is 0 Å². The number of aromatic nitrogens is 1. The molecule has 23 heavy (non-hydrogen) atoms. The van der Waals surface area contributed by atoms with Crippen molar-refractivity contribution in [2.45, 2.75) is 38.3 Å². The second-order valence-electron chi connectivity index (χ2n) is 4.91. The summed E-state index contributed by atoms with van der Waals surface area (Å²) in [7, 11) is 0. The fourth-order valence-corrected chi connectivity index (χ4v) is 2.80. The summed E-state index contributed by atoms with van der Waals surface area (Å²) < 4.78 is 42.6. The second-order valence-corrected chi connectivity index (χ2v) is 5.99. The van der Waals surface area contributed by atoms with Gasteiger partial charge in [-0.2, -0.15) is 23.7 Å². The first kappa shape index (κ1) is 18.8. The van der Waals surface area contributed by atoms with Crippen LogP contribution in [0.3, 0.4) is 0 Å². The highest BCUT2D eigenvalue weighted by atomic mass is 32.1. The molecular formula is C15H14F3N3OS. The van der Waals surface area contributed by atoms with Crippen LogP contribution < -0.4 is 4.74 Å². The van der Waals surface area contributed by atoms with Gasteiger partial charge in [0.2, 0.25) is 0 Å². The average molecular weight is 341 g/mol. The van der Waals surface area contributed by atoms with E-state index in [-0.39, 0.29) is 12.8 Å². The first-order valence-electron chi connectivity index (χ1n) is 6.70. The Morgan fingerprint density at radius 3 is 2.61 bits per heavy atom. The minimum atomic E-state index is -4.37. The van der Waals surface area contributed by atoms with Gasteiger partial charge in [-0.25, -0.2) is 4.98 Å². The van der Waals surface area contributed by atoms with Gasteiger partial charge in [-0.05, 0) is 6.42 Å². The van der Waals surface area contributed by atoms with Gasteiger partial charge in [0, 0.05) is 30.3 Å². The molecule has 1 aromatic rings. The third-order valence-corrected chi connectivity index (χ3v) is 3.97. The van der Waals surface area contributed by atoms with Crippen LogP contribution in [0, 0.1) is 40.4 Å². The van der Waals surface area contributed by atoms with E-state index in [9.17, 15) is 18.4 Å². The predicted octanol–water partition coefficient (Wildman–Crippen LogP) is 3.85. The Kier molecular flexibility index (Phi) is 6.88. The van der Waals surface area contributed by atoms with Crippen LogP contribution in [-0.2, 0) is 6.42 Å². The topological polar surface area (TPSA) is 69.7 Å². The van der Waals surface area contributed by atoms with Gasteiger partial charge in [-0.15, -0.1) is 12.3 Å². The summed E-state index contributed by atoms with van der Waals surface area (Å²) in [5, 5.41) is 18.5. The zero-order chi connectivity index (χ0) is 17.3. The van der Waals surface area contributed by atoms with Gasteiger partial charge < -0.3 is 4.74 Å². The van der Waals surface area contributed by atoms with Gasteiger partial charge in [-0.3, -0.25) is 0 Å². The monoisotopic (exact) mass is 341 g/mol. The minimum Gasteiger partial charge on any atom is -0.469 e. The normalized spacial score (nSPS) is 13.4. The van der Waals surface area contributed by atoms with Crippen molar-refractivity contribution in [2.24, 2.45) is 5.41 Å². The lowest BCUT2D eigenvalue weighted by Crippen LogP contribution is -2.24. The molecule has 0 bridgehead atoms. The number of hydrogen-bond acceptors (Lipinski definition) is 5. The van der Waals surface area contributed by atoms with Crippen molar-refractivity contribution in [2.75, 3.05) is 6.61 Å². The summed E-state index contributed by atoms with van der Waals surface area (Å²) in [5.74, 6) is 2.41. The molecule has 4 nitrogen and oxygen atoms in total. The maximum absolute atomic E-state index is 12.4. The molecule has 0 radical (unpaired) electrons. The zero-order valence-electron chi connectivity index (χ0n) is 12.2. The molecule has 0 fully saturated rings. The molecule has 0 N–H and O–H groups in total. The average Bonchev–Trinajstić information content (AvgIpc) is 2.92. The standard InChI is InChI=1S/C15H14F3N3OS/c1-2-3-8-22-13-21-10-12(23-13)9-14(11-20,6-7-19)4-5-15(16,17)18/h1,10H,3-6,8-9H2. The third-order valence-electron chi connectivity index (χ3n) is 3.06. The Morgan fingerprint density at radius 2 is 2.04 bits per heavy atom. The fourth-order valence-electron chi connectivity index (χ4n) is 1.88. The number of halogens is 3. The Labute approximate surface area is 136 Å². The number of terminal acetylenes is 1. The van der Waals surface area contributed by atoms with E-state index in [0.29, 0.717) is 23.1 Å². The minimum absolute atomic E-state index is 0.0311. The Morgan fingerprint density at radius 1 is 1.30 bits per heavy atom. The first-order chi connectivity index (χ1) is 10.8. The van der Waals surface area contributed by atoms with E-state index in [1.54, 1.807) is 6.07 Å². The summed E-state index contributed by atoms with van der Waals surface area (Å²) in [5.41, 5.74) is -1.38. The predicted molar refractivity (Wildman–Crippen MR) is 78.3 cm³/mol. The third kappa shape index (κ3) is 6.59. The highest BCUT2D eigenvalue weighted by Crippen LogP contribution is 2.37. The summed E-state index contributed by atoms with van der Waals surface area (Å²) in [6.45, 7) is 0.291. The van der Waals surface area contributed by atoms with Crippen molar-refractivity contribution >= 4 is 11.3 Å². The molecule has 0 saturated carbocycles. The van der Waals surface area contributed by atoms with Crippen molar-refractivity contribution in [1.29, 1.82) is 10.5 Å². The Bertz CT molecular complexity index is 636. The second kappa shape index (κ2) is 8.41. The molecule has 8 heteroatoms. The number of ether oxygens (including phenoxy) is 1. The van der Waals surface area contributed by atoms with E-state index in [2.05, 4.69) is 10.9 Å². The fraction of sp³-hybridized carbons (Fsp3) is 0.533. The van der Waals surface area contributed by atoms with E-state index < -0.39 is 24.4 Å². The van der Waals surface area contributed by atoms with Crippen molar-refractivity contribution in [3.63, 3.8) is 0 Å². The molecule has 0 amide bonds. The lowest BCUT2D eigenvalue weighted by atomic mass is 9.78. The van der Waals surface area contributed by atoms with Gasteiger partial charge in [-0.1, -0.05) is 11.3 Å². The molecule has 0 aliphatic rings. The number of hydrogen-bond donors (Lipinski definition) is 0. The van der Waals surface area contributed by atoms with Crippen LogP contribution in [0.4, 0.5) is 13.2 Å². The zero-order valence-corrected chi connectivity index (χ0v) is 13.0. The smallest absolute Gasteiger partial charge is 0.389 e. The Hall–Kier alpha value is -2.24. The number of thiazole rings is 1. The SMILES string of the molecule is C#CCCOc1ncc(CC(C#N)(CC#N)CCC(F)(F)F)s1. The van der Waals surface area contributed by atoms with Crippen molar-refractivity contribution in [1.82, 2.24) is 4.98 Å². The molecule has 0 aromatic carbocycles. The van der Waals surface area contributed by atoms with Crippen molar-refractivity contribution in [3.8, 4) is 29.7 Å². The number of alkyl halides is 3. The molecule has 0 aliphatic heterocycles. The van der Waals surface area contributed by atoms with Crippen LogP contribution in [-0.4, -0.2) is 17.8 Å². The van der Waals surface area contributed by atoms with Gasteiger partial charge in [0.15, 0.2) is 0 Å². The number of nitriles is 2. The molecular weight excluding hydrogens is 327 g/mol. The number of rotatable bonds is 8. The van der Waals surface area contributed by atoms with Crippen molar-refractivity contribution in [3.05, 3.63) is 11.1 Å². The summed E-state index contributed by atoms with van der Waals surface area (Å²) in [4.78, 5) is 4.59. The summed E-state index contributed by atoms with van der Waals surface area (Å²) in [6.07, 6.45) is 0.823. The molecule has 0 aliphatic carbocycles. The summed E-state index contributed by atoms with van der Waals surface area (Å²) >= 11 is 1.14. The largest absolute Gasteiger partial charge is 0.469 e. The van der Waals surface area contributed by atoms with Gasteiger partial charge in [0.25, 0.3) is 5.19 Å². The highest BCUT2D eigenvalue weighted by molar-refractivity contribution is 7.13.